The number of pyridine rings is 1. The van der Waals surface area contributed by atoms with Gasteiger partial charge in [0.25, 0.3) is 11.7 Å². The number of hydrogen-bond donors (Lipinski definition) is 2. The molecule has 0 atom stereocenters. The topological polar surface area (TPSA) is 165 Å². The van der Waals surface area contributed by atoms with Gasteiger partial charge in [0.1, 0.15) is 12.1 Å². The maximum absolute atomic E-state index is 13.5. The van der Waals surface area contributed by atoms with Gasteiger partial charge in [-0.05, 0) is 25.3 Å². The molecule has 3 N–H and O–H groups in total. The zero-order valence-corrected chi connectivity index (χ0v) is 23.9. The summed E-state index contributed by atoms with van der Waals surface area (Å²) in [6.07, 6.45) is 5.33. The molecule has 1 saturated heterocycles. The lowest BCUT2D eigenvalue weighted by atomic mass is 9.92. The Morgan fingerprint density at radius 3 is 2.55 bits per heavy atom. The highest BCUT2D eigenvalue weighted by Crippen LogP contribution is 2.35. The number of Topliss-reactive ketones (excluding diaryl/α,β-unsaturated/α-hetero) is 1. The van der Waals surface area contributed by atoms with E-state index in [2.05, 4.69) is 30.2 Å². The maximum Gasteiger partial charge on any atom is 0.295 e. The van der Waals surface area contributed by atoms with E-state index in [9.17, 15) is 9.59 Å². The highest BCUT2D eigenvalue weighted by atomic mass is 16.5. The zero-order valence-electron chi connectivity index (χ0n) is 23.9. The number of fused-ring (bicyclic) bond motifs is 1. The van der Waals surface area contributed by atoms with Gasteiger partial charge in [0, 0.05) is 30.8 Å². The van der Waals surface area contributed by atoms with Crippen molar-refractivity contribution in [3.8, 4) is 5.75 Å². The second-order valence-electron chi connectivity index (χ2n) is 10.2. The van der Waals surface area contributed by atoms with E-state index in [1.807, 2.05) is 44.2 Å². The van der Waals surface area contributed by atoms with Gasteiger partial charge in [0.05, 0.1) is 35.6 Å². The predicted octanol–water partition coefficient (Wildman–Crippen LogP) is 4.42. The van der Waals surface area contributed by atoms with E-state index >= 15 is 0 Å². The van der Waals surface area contributed by atoms with Crippen molar-refractivity contribution in [3.63, 3.8) is 0 Å². The molecular formula is C30H32N8O4. The minimum atomic E-state index is -0.648. The Morgan fingerprint density at radius 1 is 1.17 bits per heavy atom. The minimum Gasteiger partial charge on any atom is -0.494 e. The number of nitrogens with zero attached hydrogens (tertiary/aromatic N) is 6. The molecule has 4 aromatic rings. The van der Waals surface area contributed by atoms with E-state index in [1.165, 1.54) is 25.8 Å². The lowest BCUT2D eigenvalue weighted by Gasteiger charge is -2.29. The molecular weight excluding hydrogens is 536 g/mol. The molecule has 1 aromatic carbocycles. The lowest BCUT2D eigenvalue weighted by Crippen LogP contribution is -2.40. The molecule has 12 nitrogen and oxygen atoms in total. The number of aromatic nitrogens is 4. The van der Waals surface area contributed by atoms with Crippen molar-refractivity contribution < 1.29 is 18.7 Å². The molecule has 5 rings (SSSR count). The minimum absolute atomic E-state index is 0.101. The first kappa shape index (κ1) is 28.4. The zero-order chi connectivity index (χ0) is 29.8. The Morgan fingerprint density at radius 2 is 1.90 bits per heavy atom. The van der Waals surface area contributed by atoms with Crippen LogP contribution in [0, 0.1) is 0 Å². The summed E-state index contributed by atoms with van der Waals surface area (Å²) in [6, 6.07) is 9.88. The molecule has 12 heteroatoms. The molecule has 1 aliphatic rings. The summed E-state index contributed by atoms with van der Waals surface area (Å²) in [5.41, 5.74) is 9.14. The van der Waals surface area contributed by atoms with Crippen molar-refractivity contribution in [1.82, 2.24) is 25.1 Å². The molecule has 1 aliphatic heterocycles. The van der Waals surface area contributed by atoms with Gasteiger partial charge in [-0.3, -0.25) is 9.59 Å². The number of aromatic amines is 1. The van der Waals surface area contributed by atoms with Crippen molar-refractivity contribution in [3.05, 3.63) is 71.2 Å². The third-order valence-corrected chi connectivity index (χ3v) is 6.97. The Kier molecular flexibility index (Phi) is 8.23. The Labute approximate surface area is 242 Å². The number of likely N-dealkylation sites (tertiary alicyclic amines) is 1. The van der Waals surface area contributed by atoms with Crippen LogP contribution in [-0.2, 0) is 4.79 Å². The number of aliphatic imine (C=N–C) groups is 2. The molecule has 42 heavy (non-hydrogen) atoms. The molecule has 216 valence electrons. The quantitative estimate of drug-likeness (QED) is 0.136. The van der Waals surface area contributed by atoms with Gasteiger partial charge in [-0.25, -0.2) is 15.0 Å². The maximum atomic E-state index is 13.5. The summed E-state index contributed by atoms with van der Waals surface area (Å²) in [5.74, 6) is 0.850. The van der Waals surface area contributed by atoms with Gasteiger partial charge in [0.15, 0.2) is 5.82 Å². The Hall–Kier alpha value is -5.13. The fourth-order valence-electron chi connectivity index (χ4n) is 4.85. The van der Waals surface area contributed by atoms with E-state index in [1.54, 1.807) is 11.8 Å². The molecule has 0 saturated carbocycles. The summed E-state index contributed by atoms with van der Waals surface area (Å²) in [6.45, 7) is 6.37. The van der Waals surface area contributed by atoms with Crippen LogP contribution < -0.4 is 10.5 Å². The molecule has 0 aliphatic carbocycles. The van der Waals surface area contributed by atoms with Crippen LogP contribution in [0.3, 0.4) is 0 Å². The number of ketones is 1. The van der Waals surface area contributed by atoms with Gasteiger partial charge in [-0.15, -0.1) is 10.2 Å². The van der Waals surface area contributed by atoms with Crippen molar-refractivity contribution in [1.29, 1.82) is 0 Å². The first-order valence-electron chi connectivity index (χ1n) is 13.6. The van der Waals surface area contributed by atoms with Gasteiger partial charge in [-0.2, -0.15) is 0 Å². The van der Waals surface area contributed by atoms with Crippen molar-refractivity contribution in [2.75, 3.05) is 20.2 Å². The standard InChI is InChI=1S/C30H32N8O4/c1-17(2)28-36-37-29(42-28)23(19-8-6-5-7-9-19)20-10-12-38(13-11-20)30(40)26(39)21-14-32-25-24(21)22(41-4)15-33-27(25)35-16-34-18(3)31/h5-9,14-17,32H,10-13H2,1-4H3,(H2,31,33,34,35). The largest absolute Gasteiger partial charge is 0.494 e. The number of amidine groups is 1. The molecule has 1 amide bonds. The number of piperidine rings is 1. The highest BCUT2D eigenvalue weighted by molar-refractivity contribution is 6.45. The summed E-state index contributed by atoms with van der Waals surface area (Å²) < 4.78 is 11.5. The van der Waals surface area contributed by atoms with E-state index in [0.717, 1.165) is 16.7 Å². The van der Waals surface area contributed by atoms with E-state index in [0.29, 0.717) is 60.2 Å². The van der Waals surface area contributed by atoms with Crippen LogP contribution in [-0.4, -0.2) is 69.1 Å². The molecule has 0 unspecified atom stereocenters. The number of nitrogens with one attached hydrogen (secondary N) is 1. The predicted molar refractivity (Wildman–Crippen MR) is 159 cm³/mol. The van der Waals surface area contributed by atoms with E-state index in [4.69, 9.17) is 14.9 Å². The first-order chi connectivity index (χ1) is 20.3. The number of rotatable bonds is 8. The van der Waals surface area contributed by atoms with Crippen molar-refractivity contribution >= 4 is 46.2 Å². The van der Waals surface area contributed by atoms with E-state index < -0.39 is 11.7 Å². The monoisotopic (exact) mass is 568 g/mol. The summed E-state index contributed by atoms with van der Waals surface area (Å²) in [7, 11) is 1.47. The van der Waals surface area contributed by atoms with Crippen LogP contribution in [0.2, 0.25) is 0 Å². The van der Waals surface area contributed by atoms with Crippen LogP contribution in [0.4, 0.5) is 5.82 Å². The number of methoxy groups -OCH3 is 1. The van der Waals surface area contributed by atoms with Crippen LogP contribution in [0.15, 0.2) is 62.7 Å². The van der Waals surface area contributed by atoms with Crippen LogP contribution >= 0.6 is 0 Å². The third-order valence-electron chi connectivity index (χ3n) is 6.97. The van der Waals surface area contributed by atoms with Gasteiger partial charge < -0.3 is 24.8 Å². The number of H-pyrrole nitrogens is 1. The number of nitrogens with two attached hydrogens (primary N) is 1. The van der Waals surface area contributed by atoms with Gasteiger partial charge in [-0.1, -0.05) is 49.8 Å². The molecule has 1 fully saturated rings. The molecule has 4 heterocycles. The van der Waals surface area contributed by atoms with Crippen molar-refractivity contribution in [2.24, 2.45) is 15.7 Å². The molecule has 0 spiro atoms. The fraction of sp³-hybridized carbons (Fsp3) is 0.300. The summed E-state index contributed by atoms with van der Waals surface area (Å²) in [4.78, 5) is 44.0. The van der Waals surface area contributed by atoms with Gasteiger partial charge in [0.2, 0.25) is 11.8 Å². The SMILES string of the molecule is COc1cnc(N=CN=C(C)N)c2[nH]cc(C(=O)C(=O)N3CCC(=C(c4ccccc4)c4nnc(C(C)C)o4)CC3)c12. The summed E-state index contributed by atoms with van der Waals surface area (Å²) in [5, 5.41) is 8.98. The second-order valence-corrected chi connectivity index (χ2v) is 10.2. The number of carbonyl (C=O) groups is 2. The Bertz CT molecular complexity index is 1700. The Balaban J connectivity index is 1.40. The van der Waals surface area contributed by atoms with Crippen LogP contribution in [0.1, 0.15) is 67.2 Å². The fourth-order valence-corrected chi connectivity index (χ4v) is 4.85. The number of hydrogen-bond acceptors (Lipinski definition) is 8. The highest BCUT2D eigenvalue weighted by Gasteiger charge is 2.31. The third kappa shape index (κ3) is 5.69. The molecule has 3 aromatic heterocycles. The average molecular weight is 569 g/mol. The van der Waals surface area contributed by atoms with Crippen molar-refractivity contribution in [2.45, 2.75) is 39.5 Å². The first-order valence-corrected chi connectivity index (χ1v) is 13.6. The second kappa shape index (κ2) is 12.2. The van der Waals surface area contributed by atoms with E-state index in [-0.39, 0.29) is 17.3 Å². The smallest absolute Gasteiger partial charge is 0.295 e. The average Bonchev–Trinajstić information content (AvgIpc) is 3.66. The number of amides is 1. The normalized spacial score (nSPS) is 14.3. The number of ether oxygens (including phenoxy) is 1. The molecule has 0 radical (unpaired) electrons. The lowest BCUT2D eigenvalue weighted by molar-refractivity contribution is -0.126. The van der Waals surface area contributed by atoms with Crippen LogP contribution in [0.5, 0.6) is 5.75 Å². The van der Waals surface area contributed by atoms with Crippen LogP contribution in [0.25, 0.3) is 16.5 Å². The summed E-state index contributed by atoms with van der Waals surface area (Å²) >= 11 is 0. The molecule has 0 bridgehead atoms. The number of carbonyl (C=O) groups excluding carboxylic acids is 2. The van der Waals surface area contributed by atoms with Gasteiger partial charge >= 0.3 is 0 Å². The number of benzene rings is 1.